The first-order chi connectivity index (χ1) is 5.65. The van der Waals surface area contributed by atoms with Crippen LogP contribution in [0.3, 0.4) is 0 Å². The van der Waals surface area contributed by atoms with Crippen LogP contribution in [0.25, 0.3) is 0 Å². The van der Waals surface area contributed by atoms with Gasteiger partial charge in [-0.2, -0.15) is 0 Å². The molecule has 0 aromatic heterocycles. The minimum Gasteiger partial charge on any atom is -0.400 e. The highest BCUT2D eigenvalue weighted by Crippen LogP contribution is 2.03. The van der Waals surface area contributed by atoms with Crippen LogP contribution in [-0.4, -0.2) is 16.5 Å². The molecule has 4 N–H and O–H groups in total. The molecule has 0 atom stereocenters. The monoisotopic (exact) mass is 253 g/mol. The van der Waals surface area contributed by atoms with Crippen molar-refractivity contribution >= 4 is 34.8 Å². The number of unbranched alkanes of at least 4 members (excludes halogenated alkanes) is 3. The fraction of sp³-hybridized carbons (Fsp3) is 1.00. The van der Waals surface area contributed by atoms with Crippen molar-refractivity contribution in [3.05, 3.63) is 0 Å². The maximum absolute atomic E-state index is 7.00. The lowest BCUT2D eigenvalue weighted by atomic mass is 10.2. The van der Waals surface area contributed by atoms with Gasteiger partial charge in [0.2, 0.25) is 0 Å². The molecular formula is C8H22Cl3NO. The Hall–Kier alpha value is 0.790. The lowest BCUT2D eigenvalue weighted by Gasteiger charge is -1.86. The van der Waals surface area contributed by atoms with E-state index in [4.69, 9.17) is 39.9 Å². The van der Waals surface area contributed by atoms with E-state index < -0.39 is 4.30 Å². The quantitative estimate of drug-likeness (QED) is 0.581. The predicted octanol–water partition coefficient (Wildman–Crippen LogP) is 4.34. The Kier molecular flexibility index (Phi) is 53.0. The zero-order valence-corrected chi connectivity index (χ0v) is 11.0. The molecule has 86 valence electrons. The Morgan fingerprint density at radius 3 is 1.15 bits per heavy atom. The first kappa shape index (κ1) is 23.5. The third kappa shape index (κ3) is 104. The number of halogens is 3. The van der Waals surface area contributed by atoms with Crippen LogP contribution in [-0.2, 0) is 0 Å². The number of rotatable bonds is 3. The van der Waals surface area contributed by atoms with E-state index in [1.807, 2.05) is 0 Å². The summed E-state index contributed by atoms with van der Waals surface area (Å²) in [5, 5.41) is 7.00. The van der Waals surface area contributed by atoms with E-state index in [2.05, 4.69) is 13.8 Å². The van der Waals surface area contributed by atoms with E-state index in [-0.39, 0.29) is 6.15 Å². The van der Waals surface area contributed by atoms with Crippen molar-refractivity contribution in [1.82, 2.24) is 6.15 Å². The smallest absolute Gasteiger partial charge is 0.180 e. The summed E-state index contributed by atoms with van der Waals surface area (Å²) in [5.41, 5.74) is 0. The molecular weight excluding hydrogens is 232 g/mol. The van der Waals surface area contributed by atoms with Gasteiger partial charge in [-0.05, 0) is 0 Å². The molecule has 0 radical (unpaired) electrons. The predicted molar refractivity (Wildman–Crippen MR) is 64.3 cm³/mol. The molecule has 0 amide bonds. The Labute approximate surface area is 97.1 Å². The first-order valence-corrected chi connectivity index (χ1v) is 5.33. The summed E-state index contributed by atoms with van der Waals surface area (Å²) in [6.07, 6.45) is 5.54. The fourth-order valence-electron chi connectivity index (χ4n) is 0.500. The zero-order chi connectivity index (χ0) is 10.4. The molecule has 0 fully saturated rings. The van der Waals surface area contributed by atoms with Gasteiger partial charge in [0, 0.05) is 7.11 Å². The number of hydrogen-bond acceptors (Lipinski definition) is 2. The van der Waals surface area contributed by atoms with E-state index in [1.54, 1.807) is 0 Å². The number of aliphatic hydroxyl groups excluding tert-OH is 1. The second-order valence-electron chi connectivity index (χ2n) is 1.95. The van der Waals surface area contributed by atoms with Crippen molar-refractivity contribution in [2.45, 2.75) is 43.8 Å². The molecule has 0 unspecified atom stereocenters. The van der Waals surface area contributed by atoms with Gasteiger partial charge in [-0.15, -0.1) is 0 Å². The summed E-state index contributed by atoms with van der Waals surface area (Å²) in [6, 6.07) is 0. The third-order valence-corrected chi connectivity index (χ3v) is 0.957. The second kappa shape index (κ2) is 29.3. The molecule has 0 saturated carbocycles. The molecule has 0 spiro atoms. The number of alkyl halides is 3. The fourth-order valence-corrected chi connectivity index (χ4v) is 0.500. The summed E-state index contributed by atoms with van der Waals surface area (Å²) in [5.74, 6) is 0. The standard InChI is InChI=1S/C6H14.CHCl3.CH4O.H3N/c1-3-5-6-4-2;2-1(3)4;1-2;/h3-6H2,1-2H3;1H;2H,1H3;1H3. The maximum Gasteiger partial charge on any atom is 0.180 e. The Morgan fingerprint density at radius 1 is 0.923 bits per heavy atom. The van der Waals surface area contributed by atoms with E-state index in [0.717, 1.165) is 7.11 Å². The minimum atomic E-state index is -0.750. The molecule has 5 heteroatoms. The molecule has 13 heavy (non-hydrogen) atoms. The van der Waals surface area contributed by atoms with Crippen LogP contribution in [0.4, 0.5) is 0 Å². The van der Waals surface area contributed by atoms with Crippen LogP contribution >= 0.6 is 34.8 Å². The Bertz CT molecular complexity index is 49.9. The SMILES string of the molecule is CCCCCC.CO.ClC(Cl)Cl.N. The third-order valence-electron chi connectivity index (χ3n) is 0.957. The molecule has 0 aliphatic heterocycles. The highest BCUT2D eigenvalue weighted by atomic mass is 35.6. The minimum absolute atomic E-state index is 0. The molecule has 0 aliphatic rings. The van der Waals surface area contributed by atoms with Crippen molar-refractivity contribution in [3.63, 3.8) is 0 Å². The largest absolute Gasteiger partial charge is 0.400 e. The average Bonchev–Trinajstić information content (AvgIpc) is 2.04. The summed E-state index contributed by atoms with van der Waals surface area (Å²) >= 11 is 14.4. The Morgan fingerprint density at radius 2 is 1.08 bits per heavy atom. The van der Waals surface area contributed by atoms with Crippen molar-refractivity contribution < 1.29 is 5.11 Å². The highest BCUT2D eigenvalue weighted by molar-refractivity contribution is 6.63. The molecule has 0 bridgehead atoms. The van der Waals surface area contributed by atoms with Gasteiger partial charge in [0.15, 0.2) is 4.30 Å². The van der Waals surface area contributed by atoms with Crippen molar-refractivity contribution in [2.24, 2.45) is 0 Å². The highest BCUT2D eigenvalue weighted by Gasteiger charge is 1.79. The Balaban J connectivity index is -0.0000000512. The molecule has 0 heterocycles. The topological polar surface area (TPSA) is 55.2 Å². The van der Waals surface area contributed by atoms with Crippen molar-refractivity contribution in [2.75, 3.05) is 7.11 Å². The van der Waals surface area contributed by atoms with Gasteiger partial charge < -0.3 is 11.3 Å². The van der Waals surface area contributed by atoms with E-state index >= 15 is 0 Å². The second-order valence-corrected chi connectivity index (χ2v) is 3.93. The van der Waals surface area contributed by atoms with Gasteiger partial charge in [-0.1, -0.05) is 74.3 Å². The molecule has 0 saturated heterocycles. The normalized spacial score (nSPS) is 7.38. The van der Waals surface area contributed by atoms with Crippen molar-refractivity contribution in [3.8, 4) is 0 Å². The van der Waals surface area contributed by atoms with E-state index in [0.29, 0.717) is 0 Å². The summed E-state index contributed by atoms with van der Waals surface area (Å²) in [7, 11) is 1.00. The first-order valence-electron chi connectivity index (χ1n) is 4.02. The molecule has 0 aromatic rings. The summed E-state index contributed by atoms with van der Waals surface area (Å²) in [4.78, 5) is 0. The molecule has 0 rings (SSSR count). The van der Waals surface area contributed by atoms with Crippen LogP contribution in [0, 0.1) is 0 Å². The zero-order valence-electron chi connectivity index (χ0n) is 8.69. The maximum atomic E-state index is 7.00. The van der Waals surface area contributed by atoms with Gasteiger partial charge in [0.05, 0.1) is 0 Å². The molecule has 0 aliphatic carbocycles. The lowest BCUT2D eigenvalue weighted by molar-refractivity contribution is 0.399. The lowest BCUT2D eigenvalue weighted by Crippen LogP contribution is -1.66. The van der Waals surface area contributed by atoms with Gasteiger partial charge in [0.1, 0.15) is 0 Å². The van der Waals surface area contributed by atoms with Crippen LogP contribution in [0.15, 0.2) is 0 Å². The summed E-state index contributed by atoms with van der Waals surface area (Å²) in [6.45, 7) is 4.46. The van der Waals surface area contributed by atoms with Crippen molar-refractivity contribution in [1.29, 1.82) is 0 Å². The van der Waals surface area contributed by atoms with Crippen LogP contribution in [0.2, 0.25) is 0 Å². The number of aliphatic hydroxyl groups is 1. The summed E-state index contributed by atoms with van der Waals surface area (Å²) < 4.78 is -0.750. The van der Waals surface area contributed by atoms with Crippen LogP contribution < -0.4 is 6.15 Å². The molecule has 0 aromatic carbocycles. The van der Waals surface area contributed by atoms with Gasteiger partial charge in [-0.3, -0.25) is 0 Å². The van der Waals surface area contributed by atoms with Gasteiger partial charge in [-0.25, -0.2) is 0 Å². The van der Waals surface area contributed by atoms with Gasteiger partial charge >= 0.3 is 0 Å². The number of hydrogen-bond donors (Lipinski definition) is 2. The average molecular weight is 255 g/mol. The van der Waals surface area contributed by atoms with Gasteiger partial charge in [0.25, 0.3) is 0 Å². The van der Waals surface area contributed by atoms with E-state index in [9.17, 15) is 0 Å². The van der Waals surface area contributed by atoms with Crippen LogP contribution in [0.5, 0.6) is 0 Å². The molecule has 2 nitrogen and oxygen atoms in total. The van der Waals surface area contributed by atoms with Crippen LogP contribution in [0.1, 0.15) is 39.5 Å². The van der Waals surface area contributed by atoms with E-state index in [1.165, 1.54) is 25.7 Å².